The predicted octanol–water partition coefficient (Wildman–Crippen LogP) is 1.09. The number of esters is 2. The van der Waals surface area contributed by atoms with Crippen molar-refractivity contribution < 1.29 is 28.5 Å². The summed E-state index contributed by atoms with van der Waals surface area (Å²) in [4.78, 5) is 22.2. The van der Waals surface area contributed by atoms with E-state index in [9.17, 15) is 9.59 Å². The maximum atomic E-state index is 11.5. The van der Waals surface area contributed by atoms with Gasteiger partial charge in [-0.25, -0.2) is 4.79 Å². The molecule has 0 aromatic heterocycles. The fraction of sp³-hybridized carbons (Fsp3) is 0.692. The molecule has 0 aliphatic carbocycles. The molecule has 0 spiro atoms. The summed E-state index contributed by atoms with van der Waals surface area (Å²) in [5.41, 5.74) is -0.647. The molecule has 110 valence electrons. The Bertz CT molecular complexity index is 298. The van der Waals surface area contributed by atoms with Gasteiger partial charge in [-0.2, -0.15) is 0 Å². The van der Waals surface area contributed by atoms with Crippen molar-refractivity contribution in [3.05, 3.63) is 12.7 Å². The number of carbonyl (C=O) groups excluding carboxylic acids is 2. The first kappa shape index (κ1) is 17.6. The molecule has 0 atom stereocenters. The summed E-state index contributed by atoms with van der Waals surface area (Å²) in [6.07, 6.45) is 1.22. The fourth-order valence-corrected chi connectivity index (χ4v) is 1.25. The van der Waals surface area contributed by atoms with E-state index in [0.717, 1.165) is 6.08 Å². The van der Waals surface area contributed by atoms with Crippen molar-refractivity contribution in [2.24, 2.45) is 0 Å². The zero-order valence-corrected chi connectivity index (χ0v) is 11.8. The van der Waals surface area contributed by atoms with Crippen molar-refractivity contribution in [2.75, 3.05) is 33.5 Å². The standard InChI is InChI=1S/C13H22O6/c1-5-11(14)18-9-8-17-7-6-12(15)19-13(2,3)10-16-4/h5H,1,6-10H2,2-4H3. The van der Waals surface area contributed by atoms with Crippen LogP contribution in [0.25, 0.3) is 0 Å². The monoisotopic (exact) mass is 274 g/mol. The quantitative estimate of drug-likeness (QED) is 0.337. The molecule has 6 nitrogen and oxygen atoms in total. The Morgan fingerprint density at radius 3 is 2.47 bits per heavy atom. The SMILES string of the molecule is C=CC(=O)OCCOCCC(=O)OC(C)(C)COC. The number of ether oxygens (including phenoxy) is 4. The first-order valence-corrected chi connectivity index (χ1v) is 5.99. The van der Waals surface area contributed by atoms with Crippen LogP contribution in [0.5, 0.6) is 0 Å². The summed E-state index contributed by atoms with van der Waals surface area (Å²) >= 11 is 0. The van der Waals surface area contributed by atoms with Crippen LogP contribution in [0.15, 0.2) is 12.7 Å². The summed E-state index contributed by atoms with van der Waals surface area (Å²) in [5, 5.41) is 0. The van der Waals surface area contributed by atoms with E-state index in [2.05, 4.69) is 6.58 Å². The molecule has 0 saturated carbocycles. The second kappa shape index (κ2) is 9.52. The Balaban J connectivity index is 3.59. The molecule has 0 aromatic rings. The van der Waals surface area contributed by atoms with Gasteiger partial charge in [0.15, 0.2) is 0 Å². The minimum Gasteiger partial charge on any atom is -0.460 e. The van der Waals surface area contributed by atoms with Crippen molar-refractivity contribution in [1.29, 1.82) is 0 Å². The molecule has 0 radical (unpaired) electrons. The van der Waals surface area contributed by atoms with Gasteiger partial charge in [0.1, 0.15) is 12.2 Å². The van der Waals surface area contributed by atoms with Gasteiger partial charge in [-0.05, 0) is 13.8 Å². The Kier molecular flexibility index (Phi) is 8.82. The highest BCUT2D eigenvalue weighted by atomic mass is 16.6. The molecule has 0 heterocycles. The van der Waals surface area contributed by atoms with Gasteiger partial charge in [0.25, 0.3) is 0 Å². The molecule has 0 N–H and O–H groups in total. The molecule has 0 bridgehead atoms. The lowest BCUT2D eigenvalue weighted by Crippen LogP contribution is -2.33. The molecule has 0 amide bonds. The predicted molar refractivity (Wildman–Crippen MR) is 68.6 cm³/mol. The maximum absolute atomic E-state index is 11.5. The molecular weight excluding hydrogens is 252 g/mol. The van der Waals surface area contributed by atoms with Crippen LogP contribution >= 0.6 is 0 Å². The maximum Gasteiger partial charge on any atom is 0.330 e. The minimum atomic E-state index is -0.647. The van der Waals surface area contributed by atoms with Gasteiger partial charge in [0, 0.05) is 13.2 Å². The van der Waals surface area contributed by atoms with E-state index in [-0.39, 0.29) is 32.2 Å². The Labute approximate surface area is 113 Å². The van der Waals surface area contributed by atoms with Crippen LogP contribution in [0.2, 0.25) is 0 Å². The highest BCUT2D eigenvalue weighted by molar-refractivity contribution is 5.81. The Morgan fingerprint density at radius 2 is 1.89 bits per heavy atom. The highest BCUT2D eigenvalue weighted by Gasteiger charge is 2.22. The van der Waals surface area contributed by atoms with Crippen molar-refractivity contribution >= 4 is 11.9 Å². The molecule has 0 unspecified atom stereocenters. The zero-order chi connectivity index (χ0) is 14.7. The normalized spacial score (nSPS) is 10.9. The average molecular weight is 274 g/mol. The average Bonchev–Trinajstić information content (AvgIpc) is 2.32. The summed E-state index contributed by atoms with van der Waals surface area (Å²) < 4.78 is 20.0. The summed E-state index contributed by atoms with van der Waals surface area (Å²) in [7, 11) is 1.54. The van der Waals surface area contributed by atoms with E-state index in [4.69, 9.17) is 18.9 Å². The van der Waals surface area contributed by atoms with Crippen LogP contribution in [0.4, 0.5) is 0 Å². The minimum absolute atomic E-state index is 0.134. The second-order valence-corrected chi connectivity index (χ2v) is 4.40. The smallest absolute Gasteiger partial charge is 0.330 e. The topological polar surface area (TPSA) is 71.1 Å². The van der Waals surface area contributed by atoms with Crippen LogP contribution in [-0.4, -0.2) is 51.1 Å². The van der Waals surface area contributed by atoms with Crippen molar-refractivity contribution in [2.45, 2.75) is 25.9 Å². The highest BCUT2D eigenvalue weighted by Crippen LogP contribution is 2.10. The van der Waals surface area contributed by atoms with Crippen LogP contribution in [0.1, 0.15) is 20.3 Å². The number of methoxy groups -OCH3 is 1. The van der Waals surface area contributed by atoms with E-state index in [1.54, 1.807) is 21.0 Å². The number of rotatable bonds is 10. The third-order valence-electron chi connectivity index (χ3n) is 1.97. The van der Waals surface area contributed by atoms with Gasteiger partial charge in [0.05, 0.1) is 26.2 Å². The van der Waals surface area contributed by atoms with E-state index in [1.807, 2.05) is 0 Å². The summed E-state index contributed by atoms with van der Waals surface area (Å²) in [6.45, 7) is 7.71. The summed E-state index contributed by atoms with van der Waals surface area (Å²) in [6, 6.07) is 0. The lowest BCUT2D eigenvalue weighted by atomic mass is 10.1. The van der Waals surface area contributed by atoms with E-state index in [0.29, 0.717) is 6.61 Å². The summed E-state index contributed by atoms with van der Waals surface area (Å²) in [5.74, 6) is -0.852. The number of hydrogen-bond donors (Lipinski definition) is 0. The first-order chi connectivity index (χ1) is 8.91. The van der Waals surface area contributed by atoms with Crippen molar-refractivity contribution in [3.8, 4) is 0 Å². The van der Waals surface area contributed by atoms with Crippen molar-refractivity contribution in [3.63, 3.8) is 0 Å². The molecule has 0 aliphatic heterocycles. The molecule has 0 aromatic carbocycles. The van der Waals surface area contributed by atoms with E-state index >= 15 is 0 Å². The number of carbonyl (C=O) groups is 2. The van der Waals surface area contributed by atoms with Gasteiger partial charge in [-0.1, -0.05) is 6.58 Å². The molecule has 0 saturated heterocycles. The molecule has 19 heavy (non-hydrogen) atoms. The van der Waals surface area contributed by atoms with Gasteiger partial charge >= 0.3 is 11.9 Å². The Hall–Kier alpha value is -1.40. The molecule has 6 heteroatoms. The Morgan fingerprint density at radius 1 is 1.21 bits per heavy atom. The van der Waals surface area contributed by atoms with Crippen LogP contribution in [0, 0.1) is 0 Å². The van der Waals surface area contributed by atoms with Crippen LogP contribution < -0.4 is 0 Å². The third-order valence-corrected chi connectivity index (χ3v) is 1.97. The first-order valence-electron chi connectivity index (χ1n) is 5.99. The van der Waals surface area contributed by atoms with E-state index in [1.165, 1.54) is 0 Å². The fourth-order valence-electron chi connectivity index (χ4n) is 1.25. The largest absolute Gasteiger partial charge is 0.460 e. The molecule has 0 aliphatic rings. The lowest BCUT2D eigenvalue weighted by molar-refractivity contribution is -0.162. The van der Waals surface area contributed by atoms with Crippen LogP contribution in [-0.2, 0) is 28.5 Å². The number of hydrogen-bond acceptors (Lipinski definition) is 6. The van der Waals surface area contributed by atoms with Gasteiger partial charge < -0.3 is 18.9 Å². The van der Waals surface area contributed by atoms with E-state index < -0.39 is 11.6 Å². The second-order valence-electron chi connectivity index (χ2n) is 4.40. The molecule has 0 rings (SSSR count). The van der Waals surface area contributed by atoms with Crippen LogP contribution in [0.3, 0.4) is 0 Å². The van der Waals surface area contributed by atoms with Gasteiger partial charge in [-0.15, -0.1) is 0 Å². The molecule has 0 fully saturated rings. The van der Waals surface area contributed by atoms with Crippen molar-refractivity contribution in [1.82, 2.24) is 0 Å². The van der Waals surface area contributed by atoms with Gasteiger partial charge in [0.2, 0.25) is 0 Å². The molecular formula is C13H22O6. The zero-order valence-electron chi connectivity index (χ0n) is 11.8. The third kappa shape index (κ3) is 10.2. The lowest BCUT2D eigenvalue weighted by Gasteiger charge is -2.24. The van der Waals surface area contributed by atoms with Gasteiger partial charge in [-0.3, -0.25) is 4.79 Å².